The first-order valence-electron chi connectivity index (χ1n) is 6.31. The lowest BCUT2D eigenvalue weighted by Crippen LogP contribution is -1.96. The Bertz CT molecular complexity index is 549. The number of benzene rings is 2. The monoisotopic (exact) mass is 258 g/mol. The van der Waals surface area contributed by atoms with Crippen molar-refractivity contribution in [1.29, 1.82) is 0 Å². The van der Waals surface area contributed by atoms with Crippen LogP contribution >= 0.6 is 0 Å². The second-order valence-electron chi connectivity index (χ2n) is 4.44. The summed E-state index contributed by atoms with van der Waals surface area (Å²) in [6.45, 7) is 2.08. The zero-order chi connectivity index (χ0) is 13.7. The van der Waals surface area contributed by atoms with Crippen LogP contribution in [0.4, 0.5) is 0 Å². The number of para-hydroxylation sites is 1. The molecule has 2 N–H and O–H groups in total. The lowest BCUT2D eigenvalue weighted by molar-refractivity contribution is 0.281. The highest BCUT2D eigenvalue weighted by Crippen LogP contribution is 2.28. The van der Waals surface area contributed by atoms with Gasteiger partial charge in [0.05, 0.1) is 6.61 Å². The SMILES string of the molecule is Cc1cc(CO)ccc1Oc1ccccc1CCO. The van der Waals surface area contributed by atoms with Crippen molar-refractivity contribution in [2.75, 3.05) is 6.61 Å². The fourth-order valence-electron chi connectivity index (χ4n) is 1.97. The number of ether oxygens (including phenoxy) is 1. The molecule has 3 nitrogen and oxygen atoms in total. The van der Waals surface area contributed by atoms with E-state index in [-0.39, 0.29) is 13.2 Å². The maximum atomic E-state index is 9.09. The van der Waals surface area contributed by atoms with Crippen molar-refractivity contribution >= 4 is 0 Å². The predicted molar refractivity (Wildman–Crippen MR) is 74.4 cm³/mol. The van der Waals surface area contributed by atoms with E-state index >= 15 is 0 Å². The quantitative estimate of drug-likeness (QED) is 0.867. The van der Waals surface area contributed by atoms with Crippen LogP contribution in [0.3, 0.4) is 0 Å². The molecule has 2 rings (SSSR count). The summed E-state index contributed by atoms with van der Waals surface area (Å²) in [7, 11) is 0. The molecular weight excluding hydrogens is 240 g/mol. The summed E-state index contributed by atoms with van der Waals surface area (Å²) in [6, 6.07) is 13.3. The molecule has 0 aromatic heterocycles. The lowest BCUT2D eigenvalue weighted by atomic mass is 10.1. The molecule has 0 aliphatic heterocycles. The zero-order valence-corrected chi connectivity index (χ0v) is 11.0. The molecule has 0 saturated carbocycles. The van der Waals surface area contributed by atoms with Gasteiger partial charge in [-0.05, 0) is 42.2 Å². The van der Waals surface area contributed by atoms with Crippen LogP contribution in [0.25, 0.3) is 0 Å². The number of aryl methyl sites for hydroxylation is 1. The van der Waals surface area contributed by atoms with E-state index in [1.54, 1.807) is 0 Å². The highest BCUT2D eigenvalue weighted by atomic mass is 16.5. The van der Waals surface area contributed by atoms with E-state index in [9.17, 15) is 0 Å². The molecule has 0 fully saturated rings. The van der Waals surface area contributed by atoms with Crippen LogP contribution < -0.4 is 4.74 Å². The summed E-state index contributed by atoms with van der Waals surface area (Å²) < 4.78 is 5.90. The minimum atomic E-state index is 0.0300. The normalized spacial score (nSPS) is 10.5. The van der Waals surface area contributed by atoms with E-state index in [0.29, 0.717) is 6.42 Å². The van der Waals surface area contributed by atoms with Gasteiger partial charge >= 0.3 is 0 Å². The Balaban J connectivity index is 2.26. The standard InChI is InChI=1S/C16H18O3/c1-12-10-13(11-18)6-7-15(12)19-16-5-3-2-4-14(16)8-9-17/h2-7,10,17-18H,8-9,11H2,1H3. The van der Waals surface area contributed by atoms with Crippen LogP contribution in [0.15, 0.2) is 42.5 Å². The van der Waals surface area contributed by atoms with Gasteiger partial charge in [0, 0.05) is 6.61 Å². The van der Waals surface area contributed by atoms with Gasteiger partial charge < -0.3 is 14.9 Å². The molecule has 100 valence electrons. The molecule has 0 aliphatic rings. The van der Waals surface area contributed by atoms with E-state index in [1.165, 1.54) is 0 Å². The van der Waals surface area contributed by atoms with Crippen molar-refractivity contribution in [3.05, 3.63) is 59.2 Å². The van der Waals surface area contributed by atoms with Crippen LogP contribution in [0.5, 0.6) is 11.5 Å². The number of hydrogen-bond acceptors (Lipinski definition) is 3. The molecule has 2 aromatic rings. The molecule has 0 spiro atoms. The van der Waals surface area contributed by atoms with Gasteiger partial charge in [-0.15, -0.1) is 0 Å². The molecular formula is C16H18O3. The minimum Gasteiger partial charge on any atom is -0.457 e. The Kier molecular flexibility index (Phi) is 4.55. The number of aliphatic hydroxyl groups is 2. The van der Waals surface area contributed by atoms with E-state index in [1.807, 2.05) is 49.4 Å². The molecule has 0 radical (unpaired) electrons. The third-order valence-corrected chi connectivity index (χ3v) is 3.00. The Morgan fingerprint density at radius 1 is 1.00 bits per heavy atom. The molecule has 0 amide bonds. The molecule has 0 saturated heterocycles. The average molecular weight is 258 g/mol. The molecule has 19 heavy (non-hydrogen) atoms. The Morgan fingerprint density at radius 2 is 1.79 bits per heavy atom. The van der Waals surface area contributed by atoms with Crippen molar-refractivity contribution in [3.8, 4) is 11.5 Å². The topological polar surface area (TPSA) is 49.7 Å². The summed E-state index contributed by atoms with van der Waals surface area (Å²) >= 11 is 0. The van der Waals surface area contributed by atoms with Gasteiger partial charge in [-0.1, -0.05) is 30.3 Å². The van der Waals surface area contributed by atoms with Crippen LogP contribution in [-0.4, -0.2) is 16.8 Å². The number of aliphatic hydroxyl groups excluding tert-OH is 2. The summed E-state index contributed by atoms with van der Waals surface area (Å²) in [5.74, 6) is 1.53. The maximum absolute atomic E-state index is 9.09. The predicted octanol–water partition coefficient (Wildman–Crippen LogP) is 2.81. The highest BCUT2D eigenvalue weighted by Gasteiger charge is 2.06. The minimum absolute atomic E-state index is 0.0300. The largest absolute Gasteiger partial charge is 0.457 e. The summed E-state index contributed by atoms with van der Waals surface area (Å²) in [6.07, 6.45) is 0.573. The molecule has 2 aromatic carbocycles. The first-order chi connectivity index (χ1) is 9.24. The highest BCUT2D eigenvalue weighted by molar-refractivity contribution is 5.42. The van der Waals surface area contributed by atoms with E-state index in [2.05, 4.69) is 0 Å². The van der Waals surface area contributed by atoms with Gasteiger partial charge in [-0.25, -0.2) is 0 Å². The molecule has 3 heteroatoms. The fourth-order valence-corrected chi connectivity index (χ4v) is 1.97. The van der Waals surface area contributed by atoms with Gasteiger partial charge in [-0.2, -0.15) is 0 Å². The molecule has 0 heterocycles. The van der Waals surface area contributed by atoms with Gasteiger partial charge in [0.15, 0.2) is 0 Å². The molecule has 0 atom stereocenters. The zero-order valence-electron chi connectivity index (χ0n) is 11.0. The number of hydrogen-bond donors (Lipinski definition) is 2. The fraction of sp³-hybridized carbons (Fsp3) is 0.250. The first kappa shape index (κ1) is 13.6. The van der Waals surface area contributed by atoms with Gasteiger partial charge in [0.2, 0.25) is 0 Å². The van der Waals surface area contributed by atoms with Crippen LogP contribution in [-0.2, 0) is 13.0 Å². The second-order valence-corrected chi connectivity index (χ2v) is 4.44. The number of rotatable bonds is 5. The van der Waals surface area contributed by atoms with Crippen molar-refractivity contribution in [2.45, 2.75) is 20.0 Å². The Labute approximate surface area is 113 Å². The summed E-state index contributed by atoms with van der Waals surface area (Å²) in [5, 5.41) is 18.1. The van der Waals surface area contributed by atoms with Crippen LogP contribution in [0.2, 0.25) is 0 Å². The van der Waals surface area contributed by atoms with E-state index in [4.69, 9.17) is 14.9 Å². The summed E-state index contributed by atoms with van der Waals surface area (Å²) in [5.41, 5.74) is 2.83. The van der Waals surface area contributed by atoms with Crippen LogP contribution in [0.1, 0.15) is 16.7 Å². The van der Waals surface area contributed by atoms with E-state index < -0.39 is 0 Å². The third-order valence-electron chi connectivity index (χ3n) is 3.00. The Hall–Kier alpha value is -1.84. The second kappa shape index (κ2) is 6.36. The third kappa shape index (κ3) is 3.34. The van der Waals surface area contributed by atoms with Gasteiger partial charge in [-0.3, -0.25) is 0 Å². The molecule has 0 unspecified atom stereocenters. The van der Waals surface area contributed by atoms with Crippen molar-refractivity contribution in [2.24, 2.45) is 0 Å². The van der Waals surface area contributed by atoms with E-state index in [0.717, 1.165) is 28.2 Å². The van der Waals surface area contributed by atoms with Crippen molar-refractivity contribution < 1.29 is 14.9 Å². The smallest absolute Gasteiger partial charge is 0.130 e. The summed E-state index contributed by atoms with van der Waals surface area (Å²) in [4.78, 5) is 0. The molecule has 0 bridgehead atoms. The van der Waals surface area contributed by atoms with Gasteiger partial charge in [0.1, 0.15) is 11.5 Å². The van der Waals surface area contributed by atoms with Crippen molar-refractivity contribution in [3.63, 3.8) is 0 Å². The average Bonchev–Trinajstić information content (AvgIpc) is 2.43. The lowest BCUT2D eigenvalue weighted by Gasteiger charge is -2.13. The first-order valence-corrected chi connectivity index (χ1v) is 6.31. The van der Waals surface area contributed by atoms with Crippen molar-refractivity contribution in [1.82, 2.24) is 0 Å². The van der Waals surface area contributed by atoms with Gasteiger partial charge in [0.25, 0.3) is 0 Å². The van der Waals surface area contributed by atoms with Crippen LogP contribution in [0, 0.1) is 6.92 Å². The maximum Gasteiger partial charge on any atom is 0.130 e. The Morgan fingerprint density at radius 3 is 2.47 bits per heavy atom. The molecule has 0 aliphatic carbocycles.